The minimum absolute atomic E-state index is 0.0130. The predicted octanol–water partition coefficient (Wildman–Crippen LogP) is -0.859. The lowest BCUT2D eigenvalue weighted by Crippen LogP contribution is -2.60. The zero-order valence-corrected chi connectivity index (χ0v) is 16.6. The third-order valence-corrected chi connectivity index (χ3v) is 5.20. The molecule has 1 aliphatic rings. The van der Waals surface area contributed by atoms with E-state index in [9.17, 15) is 29.0 Å². The third kappa shape index (κ3) is 4.84. The molecule has 9 nitrogen and oxygen atoms in total. The van der Waals surface area contributed by atoms with Crippen LogP contribution >= 0.6 is 0 Å². The standard InChI is InChI=1S/C20H24FN3O6/c1-10-5-13(21)4-3-12(10)6-16(25)22-14-9-30-15(18(27)17(14)26)8-24-7-11(2)19(28)23-20(24)29/h3-5,7,14-15,17-18,26-27H,6,8-9H2,1-2H3,(H,22,25)(H,23,28,29)/t14-,15-,17+,18-/m1/s1. The van der Waals surface area contributed by atoms with Crippen LogP contribution in [0.5, 0.6) is 0 Å². The molecular formula is C20H24FN3O6. The molecule has 3 rings (SSSR count). The molecule has 162 valence electrons. The van der Waals surface area contributed by atoms with Gasteiger partial charge < -0.3 is 20.3 Å². The van der Waals surface area contributed by atoms with Gasteiger partial charge in [0.05, 0.1) is 25.6 Å². The summed E-state index contributed by atoms with van der Waals surface area (Å²) in [5.41, 5.74) is 0.446. The fourth-order valence-electron chi connectivity index (χ4n) is 3.41. The molecule has 30 heavy (non-hydrogen) atoms. The second kappa shape index (κ2) is 8.90. The highest BCUT2D eigenvalue weighted by molar-refractivity contribution is 5.79. The van der Waals surface area contributed by atoms with Crippen molar-refractivity contribution < 1.29 is 24.1 Å². The van der Waals surface area contributed by atoms with Gasteiger partial charge in [0.2, 0.25) is 5.91 Å². The number of aryl methyl sites for hydroxylation is 2. The first-order chi connectivity index (χ1) is 14.2. The number of aliphatic hydroxyl groups is 2. The van der Waals surface area contributed by atoms with E-state index in [0.29, 0.717) is 16.7 Å². The van der Waals surface area contributed by atoms with E-state index in [4.69, 9.17) is 4.74 Å². The van der Waals surface area contributed by atoms with Crippen molar-refractivity contribution in [2.45, 2.75) is 51.2 Å². The van der Waals surface area contributed by atoms with Crippen LogP contribution in [0.1, 0.15) is 16.7 Å². The fourth-order valence-corrected chi connectivity index (χ4v) is 3.41. The molecule has 0 bridgehead atoms. The number of carbonyl (C=O) groups is 1. The van der Waals surface area contributed by atoms with E-state index < -0.39 is 47.3 Å². The first-order valence-electron chi connectivity index (χ1n) is 9.48. The molecule has 10 heteroatoms. The number of H-pyrrole nitrogens is 1. The lowest BCUT2D eigenvalue weighted by Gasteiger charge is -2.38. The van der Waals surface area contributed by atoms with Gasteiger partial charge in [-0.25, -0.2) is 9.18 Å². The molecule has 0 spiro atoms. The van der Waals surface area contributed by atoms with Crippen molar-refractivity contribution in [1.82, 2.24) is 14.9 Å². The van der Waals surface area contributed by atoms with Crippen LogP contribution in [0.3, 0.4) is 0 Å². The Morgan fingerprint density at radius 2 is 2.00 bits per heavy atom. The Morgan fingerprint density at radius 1 is 1.27 bits per heavy atom. The average Bonchev–Trinajstić information content (AvgIpc) is 2.68. The number of halogens is 1. The largest absolute Gasteiger partial charge is 0.388 e. The summed E-state index contributed by atoms with van der Waals surface area (Å²) in [5.74, 6) is -0.797. The minimum Gasteiger partial charge on any atom is -0.388 e. The monoisotopic (exact) mass is 421 g/mol. The van der Waals surface area contributed by atoms with Crippen molar-refractivity contribution in [3.05, 3.63) is 67.7 Å². The summed E-state index contributed by atoms with van der Waals surface area (Å²) in [7, 11) is 0. The summed E-state index contributed by atoms with van der Waals surface area (Å²) in [6.07, 6.45) is -2.25. The molecule has 1 aromatic carbocycles. The molecule has 1 aliphatic heterocycles. The third-order valence-electron chi connectivity index (χ3n) is 5.20. The highest BCUT2D eigenvalue weighted by atomic mass is 19.1. The van der Waals surface area contributed by atoms with E-state index in [1.807, 2.05) is 0 Å². The van der Waals surface area contributed by atoms with Crippen molar-refractivity contribution >= 4 is 5.91 Å². The fraction of sp³-hybridized carbons (Fsp3) is 0.450. The van der Waals surface area contributed by atoms with Crippen molar-refractivity contribution in [3.8, 4) is 0 Å². The Hall–Kier alpha value is -2.82. The maximum Gasteiger partial charge on any atom is 0.328 e. The Kier molecular flexibility index (Phi) is 6.49. The number of aliphatic hydroxyl groups excluding tert-OH is 2. The van der Waals surface area contributed by atoms with E-state index in [2.05, 4.69) is 10.3 Å². The summed E-state index contributed by atoms with van der Waals surface area (Å²) in [4.78, 5) is 37.9. The number of aromatic amines is 1. The van der Waals surface area contributed by atoms with Gasteiger partial charge in [-0.2, -0.15) is 0 Å². The molecule has 0 saturated carbocycles. The lowest BCUT2D eigenvalue weighted by molar-refractivity contribution is -0.158. The number of hydrogen-bond acceptors (Lipinski definition) is 6. The van der Waals surface area contributed by atoms with Gasteiger partial charge in [-0.3, -0.25) is 19.1 Å². The molecule has 1 saturated heterocycles. The summed E-state index contributed by atoms with van der Waals surface area (Å²) >= 11 is 0. The van der Waals surface area contributed by atoms with Gasteiger partial charge >= 0.3 is 5.69 Å². The Bertz CT molecular complexity index is 1050. The van der Waals surface area contributed by atoms with Crippen LogP contribution in [0, 0.1) is 19.7 Å². The maximum atomic E-state index is 13.2. The van der Waals surface area contributed by atoms with Gasteiger partial charge in [-0.05, 0) is 37.1 Å². The molecule has 0 radical (unpaired) electrons. The topological polar surface area (TPSA) is 134 Å². The molecule has 1 fully saturated rings. The number of hydrogen-bond donors (Lipinski definition) is 4. The van der Waals surface area contributed by atoms with E-state index in [1.54, 1.807) is 6.92 Å². The van der Waals surface area contributed by atoms with E-state index in [0.717, 1.165) is 0 Å². The highest BCUT2D eigenvalue weighted by Gasteiger charge is 2.39. The molecule has 4 N–H and O–H groups in total. The number of aromatic nitrogens is 2. The smallest absolute Gasteiger partial charge is 0.328 e. The Labute approximate surface area is 171 Å². The van der Waals surface area contributed by atoms with Crippen LogP contribution in [0.2, 0.25) is 0 Å². The van der Waals surface area contributed by atoms with Crippen LogP contribution in [-0.2, 0) is 22.5 Å². The van der Waals surface area contributed by atoms with Crippen molar-refractivity contribution in [2.75, 3.05) is 6.61 Å². The maximum absolute atomic E-state index is 13.2. The molecular weight excluding hydrogens is 397 g/mol. The number of ether oxygens (including phenoxy) is 1. The summed E-state index contributed by atoms with van der Waals surface area (Å²) in [6, 6.07) is 3.27. The predicted molar refractivity (Wildman–Crippen MR) is 105 cm³/mol. The number of benzene rings is 1. The summed E-state index contributed by atoms with van der Waals surface area (Å²) < 4.78 is 19.9. The van der Waals surface area contributed by atoms with Crippen molar-refractivity contribution in [1.29, 1.82) is 0 Å². The minimum atomic E-state index is -1.37. The van der Waals surface area contributed by atoms with Gasteiger partial charge in [0, 0.05) is 11.8 Å². The second-order valence-corrected chi connectivity index (χ2v) is 7.50. The number of rotatable bonds is 5. The summed E-state index contributed by atoms with van der Waals surface area (Å²) in [5, 5.41) is 23.4. The van der Waals surface area contributed by atoms with Gasteiger partial charge in [-0.15, -0.1) is 0 Å². The van der Waals surface area contributed by atoms with Crippen molar-refractivity contribution in [2.24, 2.45) is 0 Å². The molecule has 2 aromatic rings. The van der Waals surface area contributed by atoms with Crippen LogP contribution < -0.4 is 16.6 Å². The molecule has 4 atom stereocenters. The number of nitrogens with one attached hydrogen (secondary N) is 2. The second-order valence-electron chi connectivity index (χ2n) is 7.50. The zero-order chi connectivity index (χ0) is 22.0. The first-order valence-corrected chi connectivity index (χ1v) is 9.48. The highest BCUT2D eigenvalue weighted by Crippen LogP contribution is 2.18. The lowest BCUT2D eigenvalue weighted by atomic mass is 9.97. The zero-order valence-electron chi connectivity index (χ0n) is 16.6. The molecule has 0 unspecified atom stereocenters. The van der Waals surface area contributed by atoms with Crippen LogP contribution in [0.4, 0.5) is 4.39 Å². The normalized spacial score (nSPS) is 23.9. The van der Waals surface area contributed by atoms with Gasteiger partial charge in [0.1, 0.15) is 24.1 Å². The van der Waals surface area contributed by atoms with E-state index >= 15 is 0 Å². The number of nitrogens with zero attached hydrogens (tertiary/aromatic N) is 1. The van der Waals surface area contributed by atoms with Crippen LogP contribution in [0.15, 0.2) is 34.0 Å². The average molecular weight is 421 g/mol. The van der Waals surface area contributed by atoms with Crippen molar-refractivity contribution in [3.63, 3.8) is 0 Å². The SMILES string of the molecule is Cc1cc(F)ccc1CC(=O)N[C@@H]1CO[C@H](Cn2cc(C)c(=O)[nH]c2=O)[C@@H](O)[C@H]1O. The molecule has 0 aliphatic carbocycles. The summed E-state index contributed by atoms with van der Waals surface area (Å²) in [6.45, 7) is 3.08. The number of amides is 1. The Balaban J connectivity index is 1.62. The van der Waals surface area contributed by atoms with Gasteiger partial charge in [-0.1, -0.05) is 6.07 Å². The molecule has 2 heterocycles. The molecule has 1 amide bonds. The quantitative estimate of drug-likeness (QED) is 0.497. The van der Waals surface area contributed by atoms with E-state index in [1.165, 1.54) is 35.9 Å². The Morgan fingerprint density at radius 3 is 2.70 bits per heavy atom. The van der Waals surface area contributed by atoms with E-state index in [-0.39, 0.29) is 19.6 Å². The van der Waals surface area contributed by atoms with Crippen LogP contribution in [0.25, 0.3) is 0 Å². The van der Waals surface area contributed by atoms with Crippen LogP contribution in [-0.4, -0.2) is 56.6 Å². The number of carbonyl (C=O) groups excluding carboxylic acids is 1. The molecule has 1 aromatic heterocycles. The van der Waals surface area contributed by atoms with Gasteiger partial charge in [0.15, 0.2) is 0 Å². The van der Waals surface area contributed by atoms with Gasteiger partial charge in [0.25, 0.3) is 5.56 Å². The first kappa shape index (κ1) is 21.9.